The summed E-state index contributed by atoms with van der Waals surface area (Å²) in [7, 11) is 2.13. The predicted molar refractivity (Wildman–Crippen MR) is 77.0 cm³/mol. The molecule has 0 saturated carbocycles. The standard InChI is InChI=1S/C16H19F2N3/c1-20-5-2-3-12-10-21(6-4-15(12)20)16-13(17)7-11(9-19)8-14(16)18/h7-8,12,15H,2-6,10H2,1H3. The number of halogens is 2. The number of anilines is 1. The van der Waals surface area contributed by atoms with E-state index in [4.69, 9.17) is 5.26 Å². The molecule has 0 spiro atoms. The highest BCUT2D eigenvalue weighted by atomic mass is 19.1. The van der Waals surface area contributed by atoms with Crippen LogP contribution in [0.25, 0.3) is 0 Å². The summed E-state index contributed by atoms with van der Waals surface area (Å²) in [6.07, 6.45) is 3.19. The Kier molecular flexibility index (Phi) is 3.81. The smallest absolute Gasteiger partial charge is 0.150 e. The first-order chi connectivity index (χ1) is 10.1. The fourth-order valence-corrected chi connectivity index (χ4v) is 3.79. The van der Waals surface area contributed by atoms with E-state index in [0.29, 0.717) is 25.0 Å². The molecule has 0 bridgehead atoms. The van der Waals surface area contributed by atoms with E-state index in [2.05, 4.69) is 11.9 Å². The van der Waals surface area contributed by atoms with Crippen LogP contribution in [-0.2, 0) is 0 Å². The van der Waals surface area contributed by atoms with Gasteiger partial charge >= 0.3 is 0 Å². The van der Waals surface area contributed by atoms with Gasteiger partial charge in [0, 0.05) is 19.1 Å². The minimum Gasteiger partial charge on any atom is -0.366 e. The third-order valence-corrected chi connectivity index (χ3v) is 4.81. The molecule has 2 atom stereocenters. The highest BCUT2D eigenvalue weighted by molar-refractivity contribution is 5.53. The van der Waals surface area contributed by atoms with Gasteiger partial charge in [0.25, 0.3) is 0 Å². The summed E-state index contributed by atoms with van der Waals surface area (Å²) in [5.41, 5.74) is 0.0571. The van der Waals surface area contributed by atoms with Crippen molar-refractivity contribution in [3.63, 3.8) is 0 Å². The molecule has 3 nitrogen and oxygen atoms in total. The van der Waals surface area contributed by atoms with Crippen LogP contribution in [0.3, 0.4) is 0 Å². The van der Waals surface area contributed by atoms with Crippen molar-refractivity contribution >= 4 is 5.69 Å². The zero-order chi connectivity index (χ0) is 15.0. The average Bonchev–Trinajstić information content (AvgIpc) is 2.46. The van der Waals surface area contributed by atoms with E-state index in [0.717, 1.165) is 37.9 Å². The fourth-order valence-electron chi connectivity index (χ4n) is 3.79. The molecule has 2 heterocycles. The van der Waals surface area contributed by atoms with Gasteiger partial charge in [0.1, 0.15) is 5.69 Å². The van der Waals surface area contributed by atoms with Gasteiger partial charge in [-0.05, 0) is 50.9 Å². The monoisotopic (exact) mass is 291 g/mol. The van der Waals surface area contributed by atoms with Crippen LogP contribution >= 0.6 is 0 Å². The predicted octanol–water partition coefficient (Wildman–Crippen LogP) is 2.76. The van der Waals surface area contributed by atoms with Crippen molar-refractivity contribution in [2.24, 2.45) is 5.92 Å². The van der Waals surface area contributed by atoms with Gasteiger partial charge in [-0.3, -0.25) is 0 Å². The maximum atomic E-state index is 14.1. The Morgan fingerprint density at radius 1 is 1.19 bits per heavy atom. The van der Waals surface area contributed by atoms with Crippen molar-refractivity contribution in [3.05, 3.63) is 29.3 Å². The second-order valence-electron chi connectivity index (χ2n) is 6.09. The summed E-state index contributed by atoms with van der Waals surface area (Å²) >= 11 is 0. The lowest BCUT2D eigenvalue weighted by Gasteiger charge is -2.46. The van der Waals surface area contributed by atoms with Gasteiger partial charge in [0.15, 0.2) is 11.6 Å². The quantitative estimate of drug-likeness (QED) is 0.797. The van der Waals surface area contributed by atoms with E-state index < -0.39 is 11.6 Å². The molecule has 0 N–H and O–H groups in total. The molecule has 0 radical (unpaired) electrons. The Balaban J connectivity index is 1.84. The van der Waals surface area contributed by atoms with Crippen molar-refractivity contribution in [1.82, 2.24) is 4.90 Å². The van der Waals surface area contributed by atoms with Crippen LogP contribution in [-0.4, -0.2) is 37.6 Å². The van der Waals surface area contributed by atoms with Crippen molar-refractivity contribution in [2.75, 3.05) is 31.6 Å². The molecule has 2 unspecified atom stereocenters. The van der Waals surface area contributed by atoms with Crippen LogP contribution in [0, 0.1) is 28.9 Å². The molecule has 1 aromatic rings. The molecule has 112 valence electrons. The molecule has 0 aliphatic carbocycles. The number of nitriles is 1. The topological polar surface area (TPSA) is 30.3 Å². The Morgan fingerprint density at radius 3 is 2.57 bits per heavy atom. The number of hydrogen-bond acceptors (Lipinski definition) is 3. The number of piperidine rings is 2. The zero-order valence-corrected chi connectivity index (χ0v) is 12.1. The van der Waals surface area contributed by atoms with Crippen LogP contribution in [0.5, 0.6) is 0 Å². The number of likely N-dealkylation sites (tertiary alicyclic amines) is 1. The van der Waals surface area contributed by atoms with Crippen molar-refractivity contribution in [1.29, 1.82) is 5.26 Å². The van der Waals surface area contributed by atoms with Crippen molar-refractivity contribution < 1.29 is 8.78 Å². The highest BCUT2D eigenvalue weighted by Crippen LogP contribution is 2.34. The summed E-state index contributed by atoms with van der Waals surface area (Å²) in [4.78, 5) is 4.18. The zero-order valence-electron chi connectivity index (χ0n) is 12.1. The lowest BCUT2D eigenvalue weighted by molar-refractivity contribution is 0.102. The molecule has 0 amide bonds. The van der Waals surface area contributed by atoms with Crippen LogP contribution < -0.4 is 4.90 Å². The molecule has 2 fully saturated rings. The summed E-state index contributed by atoms with van der Waals surface area (Å²) < 4.78 is 28.3. The molecule has 21 heavy (non-hydrogen) atoms. The molecule has 1 aromatic carbocycles. The molecule has 0 aromatic heterocycles. The number of fused-ring (bicyclic) bond motifs is 1. The molecule has 2 aliphatic heterocycles. The summed E-state index contributed by atoms with van der Waals surface area (Å²) in [6, 6.07) is 4.56. The normalized spacial score (nSPS) is 26.3. The molecule has 2 saturated heterocycles. The van der Waals surface area contributed by atoms with E-state index in [1.165, 1.54) is 0 Å². The van der Waals surface area contributed by atoms with E-state index >= 15 is 0 Å². The molecule has 5 heteroatoms. The van der Waals surface area contributed by atoms with E-state index in [-0.39, 0.29) is 11.3 Å². The van der Waals surface area contributed by atoms with E-state index in [9.17, 15) is 8.78 Å². The number of hydrogen-bond donors (Lipinski definition) is 0. The van der Waals surface area contributed by atoms with Crippen LogP contribution in [0.15, 0.2) is 12.1 Å². The number of rotatable bonds is 1. The van der Waals surface area contributed by atoms with Gasteiger partial charge in [-0.1, -0.05) is 0 Å². The van der Waals surface area contributed by atoms with Gasteiger partial charge in [0.05, 0.1) is 11.6 Å². The Hall–Kier alpha value is -1.67. The Bertz CT molecular complexity index is 558. The van der Waals surface area contributed by atoms with Gasteiger partial charge in [-0.15, -0.1) is 0 Å². The Labute approximate surface area is 123 Å². The van der Waals surface area contributed by atoms with Gasteiger partial charge in [0.2, 0.25) is 0 Å². The largest absolute Gasteiger partial charge is 0.366 e. The molecule has 2 aliphatic rings. The van der Waals surface area contributed by atoms with Crippen LogP contribution in [0.4, 0.5) is 14.5 Å². The third kappa shape index (κ3) is 2.60. The van der Waals surface area contributed by atoms with Crippen molar-refractivity contribution in [2.45, 2.75) is 25.3 Å². The maximum Gasteiger partial charge on any atom is 0.150 e. The molecular weight excluding hydrogens is 272 g/mol. The molecular formula is C16H19F2N3. The van der Waals surface area contributed by atoms with Gasteiger partial charge in [-0.2, -0.15) is 5.26 Å². The van der Waals surface area contributed by atoms with Gasteiger partial charge in [-0.25, -0.2) is 8.78 Å². The SMILES string of the molecule is CN1CCCC2CN(c3c(F)cc(C#N)cc3F)CCC21. The van der Waals surface area contributed by atoms with Crippen LogP contribution in [0.2, 0.25) is 0 Å². The fraction of sp³-hybridized carbons (Fsp3) is 0.562. The van der Waals surface area contributed by atoms with Crippen molar-refractivity contribution in [3.8, 4) is 6.07 Å². The third-order valence-electron chi connectivity index (χ3n) is 4.81. The average molecular weight is 291 g/mol. The van der Waals surface area contributed by atoms with Gasteiger partial charge < -0.3 is 9.80 Å². The Morgan fingerprint density at radius 2 is 1.90 bits per heavy atom. The first-order valence-corrected chi connectivity index (χ1v) is 7.44. The minimum absolute atomic E-state index is 0.0284. The molecule has 3 rings (SSSR count). The van der Waals surface area contributed by atoms with Crippen LogP contribution in [0.1, 0.15) is 24.8 Å². The lowest BCUT2D eigenvalue weighted by atomic mass is 9.84. The highest BCUT2D eigenvalue weighted by Gasteiger charge is 2.35. The summed E-state index contributed by atoms with van der Waals surface area (Å²) in [5, 5.41) is 8.77. The van der Waals surface area contributed by atoms with E-state index in [1.54, 1.807) is 6.07 Å². The number of benzene rings is 1. The first kappa shape index (κ1) is 14.3. The lowest BCUT2D eigenvalue weighted by Crippen LogP contribution is -2.53. The second kappa shape index (κ2) is 5.61. The number of nitrogens with zero attached hydrogens (tertiary/aromatic N) is 3. The minimum atomic E-state index is -0.630. The second-order valence-corrected chi connectivity index (χ2v) is 6.09. The maximum absolute atomic E-state index is 14.1. The van der Waals surface area contributed by atoms with E-state index in [1.807, 2.05) is 4.90 Å². The first-order valence-electron chi connectivity index (χ1n) is 7.44. The summed E-state index contributed by atoms with van der Waals surface area (Å²) in [6.45, 7) is 2.46. The summed E-state index contributed by atoms with van der Waals surface area (Å²) in [5.74, 6) is -0.796.